The molecule has 0 radical (unpaired) electrons. The van der Waals surface area contributed by atoms with E-state index in [2.05, 4.69) is 0 Å². The average molecular weight is 258 g/mol. The molecule has 2 heterocycles. The first-order chi connectivity index (χ1) is 9.29. The molecule has 0 unspecified atom stereocenters. The quantitative estimate of drug-likeness (QED) is 0.911. The predicted octanol–water partition coefficient (Wildman–Crippen LogP) is 1.76. The first kappa shape index (κ1) is 12.2. The molecule has 1 aliphatic heterocycles. The molecule has 1 aromatic carbocycles. The van der Waals surface area contributed by atoms with Crippen molar-refractivity contribution in [1.82, 2.24) is 9.47 Å². The van der Waals surface area contributed by atoms with Crippen molar-refractivity contribution in [1.29, 1.82) is 0 Å². The van der Waals surface area contributed by atoms with E-state index in [4.69, 9.17) is 0 Å². The van der Waals surface area contributed by atoms with Crippen LogP contribution in [0.4, 0.5) is 0 Å². The molecular formula is C15H18N2O2. The van der Waals surface area contributed by atoms with Gasteiger partial charge in [0, 0.05) is 24.8 Å². The first-order valence-electron chi connectivity index (χ1n) is 6.75. The Balaban J connectivity index is 1.90. The molecule has 1 amide bonds. The summed E-state index contributed by atoms with van der Waals surface area (Å²) in [6.45, 7) is 2.12. The summed E-state index contributed by atoms with van der Waals surface area (Å²) < 4.78 is 1.95. The van der Waals surface area contributed by atoms with Gasteiger partial charge in [0.1, 0.15) is 6.54 Å². The fraction of sp³-hybridized carbons (Fsp3) is 0.400. The van der Waals surface area contributed by atoms with Crippen LogP contribution in [-0.2, 0) is 17.9 Å². The number of nitrogens with zero attached hydrogens (tertiary/aromatic N) is 2. The van der Waals surface area contributed by atoms with Crippen LogP contribution in [0.2, 0.25) is 0 Å². The van der Waals surface area contributed by atoms with E-state index in [1.165, 1.54) is 0 Å². The summed E-state index contributed by atoms with van der Waals surface area (Å²) in [5.41, 5.74) is 1.84. The highest BCUT2D eigenvalue weighted by atomic mass is 16.3. The molecule has 4 heteroatoms. The molecule has 1 N–H and O–H groups in total. The zero-order valence-electron chi connectivity index (χ0n) is 10.9. The number of amides is 1. The minimum atomic E-state index is -0.000736. The summed E-state index contributed by atoms with van der Waals surface area (Å²) >= 11 is 0. The third kappa shape index (κ3) is 2.24. The Bertz CT molecular complexity index is 597. The Labute approximate surface area is 112 Å². The molecule has 1 aromatic heterocycles. The van der Waals surface area contributed by atoms with Crippen molar-refractivity contribution in [2.24, 2.45) is 0 Å². The van der Waals surface area contributed by atoms with Gasteiger partial charge in [-0.15, -0.1) is 0 Å². The number of aliphatic hydroxyl groups is 1. The van der Waals surface area contributed by atoms with Gasteiger partial charge in [0.25, 0.3) is 0 Å². The molecule has 3 rings (SSSR count). The summed E-state index contributed by atoms with van der Waals surface area (Å²) in [6.07, 6.45) is 4.15. The SMILES string of the molecule is O=C(Cn1ccc2cccc(CO)c21)N1CCCC1. The maximum absolute atomic E-state index is 12.2. The minimum Gasteiger partial charge on any atom is -0.392 e. The van der Waals surface area contributed by atoms with Gasteiger partial charge >= 0.3 is 0 Å². The van der Waals surface area contributed by atoms with Gasteiger partial charge < -0.3 is 14.6 Å². The third-order valence-electron chi connectivity index (χ3n) is 3.81. The van der Waals surface area contributed by atoms with Crippen LogP contribution >= 0.6 is 0 Å². The number of hydrogen-bond donors (Lipinski definition) is 1. The van der Waals surface area contributed by atoms with Gasteiger partial charge in [-0.2, -0.15) is 0 Å². The number of aliphatic hydroxyl groups excluding tert-OH is 1. The number of para-hydroxylation sites is 1. The van der Waals surface area contributed by atoms with E-state index in [0.717, 1.165) is 42.4 Å². The summed E-state index contributed by atoms with van der Waals surface area (Å²) in [6, 6.07) is 7.83. The lowest BCUT2D eigenvalue weighted by atomic mass is 10.1. The van der Waals surface area contributed by atoms with Gasteiger partial charge in [-0.1, -0.05) is 18.2 Å². The monoisotopic (exact) mass is 258 g/mol. The lowest BCUT2D eigenvalue weighted by Gasteiger charge is -2.16. The van der Waals surface area contributed by atoms with Gasteiger partial charge in [0.15, 0.2) is 0 Å². The van der Waals surface area contributed by atoms with Gasteiger partial charge in [-0.05, 0) is 24.3 Å². The smallest absolute Gasteiger partial charge is 0.242 e. The van der Waals surface area contributed by atoms with Crippen molar-refractivity contribution >= 4 is 16.8 Å². The van der Waals surface area contributed by atoms with Crippen molar-refractivity contribution < 1.29 is 9.90 Å². The Kier molecular flexibility index (Phi) is 3.25. The summed E-state index contributed by atoms with van der Waals surface area (Å²) in [5, 5.41) is 10.5. The fourth-order valence-electron chi connectivity index (χ4n) is 2.81. The van der Waals surface area contributed by atoms with Crippen LogP contribution in [0.3, 0.4) is 0 Å². The lowest BCUT2D eigenvalue weighted by molar-refractivity contribution is -0.130. The van der Waals surface area contributed by atoms with Gasteiger partial charge in [-0.25, -0.2) is 0 Å². The molecule has 100 valence electrons. The number of aromatic nitrogens is 1. The maximum Gasteiger partial charge on any atom is 0.242 e. The van der Waals surface area contributed by atoms with Crippen LogP contribution in [0.5, 0.6) is 0 Å². The van der Waals surface area contributed by atoms with Gasteiger partial charge in [0.05, 0.1) is 12.1 Å². The highest BCUT2D eigenvalue weighted by molar-refractivity contribution is 5.85. The number of fused-ring (bicyclic) bond motifs is 1. The largest absolute Gasteiger partial charge is 0.392 e. The Morgan fingerprint density at radius 2 is 2.00 bits per heavy atom. The van der Waals surface area contributed by atoms with Gasteiger partial charge in [0.2, 0.25) is 5.91 Å². The summed E-state index contributed by atoms with van der Waals surface area (Å²) in [5.74, 6) is 0.169. The van der Waals surface area contributed by atoms with Crippen molar-refractivity contribution in [2.75, 3.05) is 13.1 Å². The molecular weight excluding hydrogens is 240 g/mol. The van der Waals surface area contributed by atoms with Crippen LogP contribution in [0.15, 0.2) is 30.5 Å². The number of rotatable bonds is 3. The zero-order valence-corrected chi connectivity index (χ0v) is 10.9. The lowest BCUT2D eigenvalue weighted by Crippen LogP contribution is -2.30. The molecule has 1 aliphatic rings. The highest BCUT2D eigenvalue weighted by Gasteiger charge is 2.18. The minimum absolute atomic E-state index is 0.000736. The van der Waals surface area contributed by atoms with E-state index in [9.17, 15) is 9.90 Å². The second-order valence-electron chi connectivity index (χ2n) is 5.04. The third-order valence-corrected chi connectivity index (χ3v) is 3.81. The topological polar surface area (TPSA) is 45.5 Å². The number of hydrogen-bond acceptors (Lipinski definition) is 2. The molecule has 1 fully saturated rings. The highest BCUT2D eigenvalue weighted by Crippen LogP contribution is 2.21. The first-order valence-corrected chi connectivity index (χ1v) is 6.75. The maximum atomic E-state index is 12.2. The molecule has 0 aliphatic carbocycles. The molecule has 4 nitrogen and oxygen atoms in total. The summed E-state index contributed by atoms with van der Waals surface area (Å²) in [7, 11) is 0. The molecule has 2 aromatic rings. The molecule has 19 heavy (non-hydrogen) atoms. The Morgan fingerprint density at radius 3 is 2.74 bits per heavy atom. The van der Waals surface area contributed by atoms with E-state index >= 15 is 0 Å². The Morgan fingerprint density at radius 1 is 1.21 bits per heavy atom. The molecule has 1 saturated heterocycles. The zero-order chi connectivity index (χ0) is 13.2. The predicted molar refractivity (Wildman–Crippen MR) is 73.7 cm³/mol. The van der Waals surface area contributed by atoms with Crippen molar-refractivity contribution in [3.63, 3.8) is 0 Å². The van der Waals surface area contributed by atoms with E-state index in [1.54, 1.807) is 0 Å². The van der Waals surface area contributed by atoms with Crippen LogP contribution < -0.4 is 0 Å². The standard InChI is InChI=1S/C15H18N2O2/c18-11-13-5-3-4-12-6-9-17(15(12)13)10-14(19)16-7-1-2-8-16/h3-6,9,18H,1-2,7-8,10-11H2. The fourth-order valence-corrected chi connectivity index (χ4v) is 2.81. The number of likely N-dealkylation sites (tertiary alicyclic amines) is 1. The van der Waals surface area contributed by atoms with Gasteiger partial charge in [-0.3, -0.25) is 4.79 Å². The van der Waals surface area contributed by atoms with Crippen LogP contribution in [0.25, 0.3) is 10.9 Å². The molecule has 0 bridgehead atoms. The number of benzene rings is 1. The molecule has 0 spiro atoms. The molecule has 0 saturated carbocycles. The van der Waals surface area contributed by atoms with E-state index in [1.807, 2.05) is 39.9 Å². The second kappa shape index (κ2) is 5.05. The average Bonchev–Trinajstić information content (AvgIpc) is 3.08. The van der Waals surface area contributed by atoms with E-state index < -0.39 is 0 Å². The summed E-state index contributed by atoms with van der Waals surface area (Å²) in [4.78, 5) is 14.1. The van der Waals surface area contributed by atoms with Crippen LogP contribution in [0.1, 0.15) is 18.4 Å². The van der Waals surface area contributed by atoms with Crippen molar-refractivity contribution in [3.05, 3.63) is 36.0 Å². The molecule has 0 atom stereocenters. The van der Waals surface area contributed by atoms with Crippen LogP contribution in [-0.4, -0.2) is 33.6 Å². The normalized spacial score (nSPS) is 15.3. The van der Waals surface area contributed by atoms with Crippen molar-refractivity contribution in [3.8, 4) is 0 Å². The van der Waals surface area contributed by atoms with E-state index in [-0.39, 0.29) is 12.5 Å². The van der Waals surface area contributed by atoms with Crippen molar-refractivity contribution in [2.45, 2.75) is 26.0 Å². The number of carbonyl (C=O) groups excluding carboxylic acids is 1. The number of carbonyl (C=O) groups is 1. The second-order valence-corrected chi connectivity index (χ2v) is 5.04. The van der Waals surface area contributed by atoms with E-state index in [0.29, 0.717) is 6.54 Å². The Hall–Kier alpha value is -1.81. The van der Waals surface area contributed by atoms with Crippen LogP contribution in [0, 0.1) is 0 Å².